The molecular weight excluding hydrogens is 502 g/mol. The normalized spacial score (nSPS) is 15.6. The maximum absolute atomic E-state index is 12.3. The van der Waals surface area contributed by atoms with Crippen LogP contribution in [0.1, 0.15) is 73.9 Å². The third kappa shape index (κ3) is 7.15. The number of carbonyl (C=O) groups excluding carboxylic acids is 1. The van der Waals surface area contributed by atoms with Crippen LogP contribution in [0.15, 0.2) is 30.7 Å². The van der Waals surface area contributed by atoms with E-state index >= 15 is 0 Å². The molecule has 0 unspecified atom stereocenters. The van der Waals surface area contributed by atoms with Crippen molar-refractivity contribution in [3.05, 3.63) is 53.2 Å². The molecule has 0 atom stereocenters. The van der Waals surface area contributed by atoms with E-state index in [0.717, 1.165) is 98.2 Å². The zero-order chi connectivity index (χ0) is 27.9. The number of nitrogens with zero attached hydrogens (tertiary/aromatic N) is 4. The lowest BCUT2D eigenvalue weighted by Crippen LogP contribution is -2.22. The summed E-state index contributed by atoms with van der Waals surface area (Å²) in [4.78, 5) is 28.2. The van der Waals surface area contributed by atoms with Gasteiger partial charge in [-0.1, -0.05) is 12.8 Å². The first-order valence-corrected chi connectivity index (χ1v) is 14.5. The minimum Gasteiger partial charge on any atom is -0.492 e. The third-order valence-electron chi connectivity index (χ3n) is 7.60. The Kier molecular flexibility index (Phi) is 9.25. The Balaban J connectivity index is 1.38. The summed E-state index contributed by atoms with van der Waals surface area (Å²) >= 11 is 0. The molecule has 1 aliphatic heterocycles. The lowest BCUT2D eigenvalue weighted by molar-refractivity contribution is -0.117. The van der Waals surface area contributed by atoms with E-state index in [1.807, 2.05) is 19.2 Å². The SMILES string of the molecule is CCCN(C)CCCOc1cnc(C#Cc2cnc(C)c3cnc(NC(=O)C4CC4)cc23)cc1C1CCOCC1. The molecule has 0 radical (unpaired) electrons. The van der Waals surface area contributed by atoms with Gasteiger partial charge in [0, 0.05) is 60.1 Å². The van der Waals surface area contributed by atoms with Crippen molar-refractivity contribution in [1.82, 2.24) is 19.9 Å². The van der Waals surface area contributed by atoms with E-state index in [4.69, 9.17) is 9.47 Å². The molecule has 2 aliphatic rings. The fraction of sp³-hybridized carbons (Fsp3) is 0.500. The smallest absolute Gasteiger partial charge is 0.228 e. The summed E-state index contributed by atoms with van der Waals surface area (Å²) in [6.07, 6.45) is 11.3. The van der Waals surface area contributed by atoms with Crippen molar-refractivity contribution in [2.24, 2.45) is 5.92 Å². The van der Waals surface area contributed by atoms with E-state index in [9.17, 15) is 4.79 Å². The fourth-order valence-corrected chi connectivity index (χ4v) is 5.13. The van der Waals surface area contributed by atoms with Crippen LogP contribution in [0.3, 0.4) is 0 Å². The van der Waals surface area contributed by atoms with Crippen LogP contribution in [0, 0.1) is 24.7 Å². The first-order chi connectivity index (χ1) is 19.5. The summed E-state index contributed by atoms with van der Waals surface area (Å²) in [5.74, 6) is 8.44. The maximum Gasteiger partial charge on any atom is 0.228 e. The highest BCUT2D eigenvalue weighted by Gasteiger charge is 2.29. The third-order valence-corrected chi connectivity index (χ3v) is 7.60. The summed E-state index contributed by atoms with van der Waals surface area (Å²) in [5, 5.41) is 4.77. The zero-order valence-corrected chi connectivity index (χ0v) is 23.8. The van der Waals surface area contributed by atoms with Gasteiger partial charge in [-0.15, -0.1) is 0 Å². The number of ether oxygens (including phenoxy) is 2. The van der Waals surface area contributed by atoms with Crippen LogP contribution in [-0.2, 0) is 9.53 Å². The largest absolute Gasteiger partial charge is 0.492 e. The zero-order valence-electron chi connectivity index (χ0n) is 23.8. The van der Waals surface area contributed by atoms with Gasteiger partial charge in [-0.05, 0) is 83.0 Å². The van der Waals surface area contributed by atoms with Gasteiger partial charge in [0.1, 0.15) is 17.3 Å². The molecule has 1 N–H and O–H groups in total. The molecule has 1 saturated heterocycles. The number of pyridine rings is 3. The molecule has 8 nitrogen and oxygen atoms in total. The molecule has 4 heterocycles. The standard InChI is InChI=1S/C32H39N5O3/c1-4-12-37(3)13-5-14-40-30-21-34-26(17-28(30)23-10-15-39-16-11-23)9-8-25-19-33-22(2)29-20-35-31(18-27(25)29)36-32(38)24-6-7-24/h17-21,23-24H,4-7,10-16H2,1-3H3,(H,35,36,38). The average molecular weight is 542 g/mol. The van der Waals surface area contributed by atoms with Gasteiger partial charge in [-0.3, -0.25) is 9.78 Å². The number of hydrogen-bond donors (Lipinski definition) is 1. The minimum atomic E-state index is 0.0328. The Labute approximate surface area is 236 Å². The maximum atomic E-state index is 12.3. The first kappa shape index (κ1) is 28.0. The number of carbonyl (C=O) groups is 1. The molecule has 1 amide bonds. The Hall–Kier alpha value is -3.54. The van der Waals surface area contributed by atoms with E-state index in [1.165, 1.54) is 0 Å². The van der Waals surface area contributed by atoms with E-state index in [1.54, 1.807) is 12.4 Å². The molecular formula is C32H39N5O3. The van der Waals surface area contributed by atoms with Gasteiger partial charge in [0.15, 0.2) is 0 Å². The Bertz CT molecular complexity index is 1400. The molecule has 1 aliphatic carbocycles. The lowest BCUT2D eigenvalue weighted by Gasteiger charge is -2.24. The summed E-state index contributed by atoms with van der Waals surface area (Å²) in [5.41, 5.74) is 3.50. The second kappa shape index (κ2) is 13.2. The van der Waals surface area contributed by atoms with Gasteiger partial charge in [-0.25, -0.2) is 9.97 Å². The molecule has 8 heteroatoms. The number of aryl methyl sites for hydroxylation is 1. The average Bonchev–Trinajstić information content (AvgIpc) is 3.82. The Morgan fingerprint density at radius 2 is 1.88 bits per heavy atom. The van der Waals surface area contributed by atoms with Crippen molar-refractivity contribution in [1.29, 1.82) is 0 Å². The number of anilines is 1. The minimum absolute atomic E-state index is 0.0328. The van der Waals surface area contributed by atoms with Crippen LogP contribution in [0.2, 0.25) is 0 Å². The number of aromatic nitrogens is 3. The molecule has 2 fully saturated rings. The van der Waals surface area contributed by atoms with Gasteiger partial charge in [-0.2, -0.15) is 0 Å². The summed E-state index contributed by atoms with van der Waals surface area (Å²) in [6, 6.07) is 3.97. The van der Waals surface area contributed by atoms with Crippen molar-refractivity contribution in [2.75, 3.05) is 45.3 Å². The number of hydrogen-bond acceptors (Lipinski definition) is 7. The van der Waals surface area contributed by atoms with E-state index in [2.05, 4.69) is 57.0 Å². The van der Waals surface area contributed by atoms with Gasteiger partial charge in [0.25, 0.3) is 0 Å². The molecule has 3 aromatic rings. The second-order valence-corrected chi connectivity index (χ2v) is 10.9. The van der Waals surface area contributed by atoms with Crippen molar-refractivity contribution in [2.45, 2.75) is 58.3 Å². The summed E-state index contributed by atoms with van der Waals surface area (Å²) in [7, 11) is 2.15. The summed E-state index contributed by atoms with van der Waals surface area (Å²) < 4.78 is 11.9. The van der Waals surface area contributed by atoms with E-state index < -0.39 is 0 Å². The molecule has 40 heavy (non-hydrogen) atoms. The van der Waals surface area contributed by atoms with Crippen molar-refractivity contribution in [3.8, 4) is 17.6 Å². The van der Waals surface area contributed by atoms with E-state index in [0.29, 0.717) is 24.0 Å². The highest BCUT2D eigenvalue weighted by atomic mass is 16.5. The predicted octanol–water partition coefficient (Wildman–Crippen LogP) is 5.09. The highest BCUT2D eigenvalue weighted by Crippen LogP contribution is 2.34. The first-order valence-electron chi connectivity index (χ1n) is 14.5. The topological polar surface area (TPSA) is 89.5 Å². The number of fused-ring (bicyclic) bond motifs is 1. The van der Waals surface area contributed by atoms with Gasteiger partial charge in [0.2, 0.25) is 5.91 Å². The van der Waals surface area contributed by atoms with Crippen molar-refractivity contribution >= 4 is 22.5 Å². The number of rotatable bonds is 10. The molecule has 0 aromatic carbocycles. The fourth-order valence-electron chi connectivity index (χ4n) is 5.13. The van der Waals surface area contributed by atoms with Crippen molar-refractivity contribution in [3.63, 3.8) is 0 Å². The quantitative estimate of drug-likeness (QED) is 0.283. The van der Waals surface area contributed by atoms with Crippen LogP contribution in [0.4, 0.5) is 5.82 Å². The molecule has 0 spiro atoms. The molecule has 3 aromatic heterocycles. The van der Waals surface area contributed by atoms with Crippen LogP contribution in [0.25, 0.3) is 10.8 Å². The Morgan fingerprint density at radius 3 is 2.65 bits per heavy atom. The van der Waals surface area contributed by atoms with Gasteiger partial charge < -0.3 is 19.7 Å². The van der Waals surface area contributed by atoms with E-state index in [-0.39, 0.29) is 11.8 Å². The van der Waals surface area contributed by atoms with Gasteiger partial charge >= 0.3 is 0 Å². The highest BCUT2D eigenvalue weighted by molar-refractivity contribution is 5.96. The monoisotopic (exact) mass is 541 g/mol. The Morgan fingerprint density at radius 1 is 1.05 bits per heavy atom. The second-order valence-electron chi connectivity index (χ2n) is 10.9. The van der Waals surface area contributed by atoms with Crippen LogP contribution >= 0.6 is 0 Å². The van der Waals surface area contributed by atoms with Gasteiger partial charge in [0.05, 0.1) is 18.4 Å². The van der Waals surface area contributed by atoms with Crippen LogP contribution < -0.4 is 10.1 Å². The lowest BCUT2D eigenvalue weighted by atomic mass is 9.91. The summed E-state index contributed by atoms with van der Waals surface area (Å²) in [6.45, 7) is 8.43. The molecule has 210 valence electrons. The number of amides is 1. The number of nitrogens with one attached hydrogen (secondary N) is 1. The van der Waals surface area contributed by atoms with Crippen LogP contribution in [-0.4, -0.2) is 65.7 Å². The van der Waals surface area contributed by atoms with Crippen LogP contribution in [0.5, 0.6) is 5.75 Å². The molecule has 1 saturated carbocycles. The molecule has 0 bridgehead atoms. The van der Waals surface area contributed by atoms with Crippen molar-refractivity contribution < 1.29 is 14.3 Å². The predicted molar refractivity (Wildman–Crippen MR) is 157 cm³/mol. The molecule has 5 rings (SSSR count).